The summed E-state index contributed by atoms with van der Waals surface area (Å²) in [4.78, 5) is 0. The lowest BCUT2D eigenvalue weighted by molar-refractivity contribution is 0.320. The van der Waals surface area contributed by atoms with Gasteiger partial charge in [-0.05, 0) is 47.0 Å². The van der Waals surface area contributed by atoms with Crippen LogP contribution in [0.15, 0.2) is 17.5 Å². The zero-order valence-electron chi connectivity index (χ0n) is 7.51. The third kappa shape index (κ3) is 1.61. The predicted octanol–water partition coefficient (Wildman–Crippen LogP) is 4.04. The number of halogens is 2. The van der Waals surface area contributed by atoms with E-state index in [1.54, 1.807) is 11.3 Å². The number of rotatable bonds is 2. The van der Waals surface area contributed by atoms with Gasteiger partial charge in [0.15, 0.2) is 11.6 Å². The van der Waals surface area contributed by atoms with Crippen LogP contribution < -0.4 is 4.74 Å². The quantitative estimate of drug-likeness (QED) is 0.758. The van der Waals surface area contributed by atoms with Crippen LogP contribution in [0.25, 0.3) is 10.1 Å². The molecule has 4 heteroatoms. The minimum absolute atomic E-state index is 0.272. The molecule has 0 amide bonds. The van der Waals surface area contributed by atoms with E-state index in [9.17, 15) is 4.39 Å². The summed E-state index contributed by atoms with van der Waals surface area (Å²) < 4.78 is 20.6. The Hall–Kier alpha value is -0.360. The summed E-state index contributed by atoms with van der Waals surface area (Å²) in [5, 5.41) is 3.03. The molecule has 0 unspecified atom stereocenters. The van der Waals surface area contributed by atoms with Crippen molar-refractivity contribution in [2.24, 2.45) is 0 Å². The number of thiophene rings is 1. The number of hydrogen-bond donors (Lipinski definition) is 0. The summed E-state index contributed by atoms with van der Waals surface area (Å²) in [6.07, 6.45) is 0. The Morgan fingerprint density at radius 3 is 3.07 bits per heavy atom. The second-order valence-electron chi connectivity index (χ2n) is 2.77. The molecule has 0 aliphatic rings. The van der Waals surface area contributed by atoms with Crippen LogP contribution in [0.1, 0.15) is 6.92 Å². The third-order valence-electron chi connectivity index (χ3n) is 1.89. The van der Waals surface area contributed by atoms with E-state index in [1.165, 1.54) is 6.07 Å². The first-order valence-corrected chi connectivity index (χ1v) is 6.18. The van der Waals surface area contributed by atoms with Crippen LogP contribution in [0.4, 0.5) is 4.39 Å². The highest BCUT2D eigenvalue weighted by Crippen LogP contribution is 2.34. The number of ether oxygens (including phenoxy) is 1. The highest BCUT2D eigenvalue weighted by molar-refractivity contribution is 14.1. The molecule has 0 aliphatic heterocycles. The van der Waals surface area contributed by atoms with Crippen LogP contribution in [0.5, 0.6) is 5.75 Å². The van der Waals surface area contributed by atoms with E-state index < -0.39 is 0 Å². The zero-order chi connectivity index (χ0) is 10.1. The van der Waals surface area contributed by atoms with Gasteiger partial charge in [-0.1, -0.05) is 0 Å². The largest absolute Gasteiger partial charge is 0.490 e. The van der Waals surface area contributed by atoms with Gasteiger partial charge in [0.05, 0.1) is 10.2 Å². The third-order valence-corrected chi connectivity index (χ3v) is 3.83. The van der Waals surface area contributed by atoms with Crippen molar-refractivity contribution in [2.75, 3.05) is 6.61 Å². The molecule has 1 nitrogen and oxygen atoms in total. The Balaban J connectivity index is 2.69. The molecule has 0 atom stereocenters. The molecular formula is C10H8FIOS. The van der Waals surface area contributed by atoms with Gasteiger partial charge < -0.3 is 4.74 Å². The second kappa shape index (κ2) is 4.02. The molecule has 1 aromatic carbocycles. The van der Waals surface area contributed by atoms with Gasteiger partial charge in [-0.2, -0.15) is 0 Å². The van der Waals surface area contributed by atoms with Crippen molar-refractivity contribution in [3.05, 3.63) is 26.9 Å². The van der Waals surface area contributed by atoms with Gasteiger partial charge in [-0.25, -0.2) is 4.39 Å². The molecule has 0 saturated heterocycles. The maximum Gasteiger partial charge on any atom is 0.168 e. The summed E-state index contributed by atoms with van der Waals surface area (Å²) in [6, 6.07) is 3.52. The standard InChI is InChI=1S/C10H8FIOS/c1-2-13-10-7(11)5-8-6(9(10)12)3-4-14-8/h3-5H,2H2,1H3. The Labute approximate surface area is 99.0 Å². The summed E-state index contributed by atoms with van der Waals surface area (Å²) >= 11 is 3.67. The fourth-order valence-electron chi connectivity index (χ4n) is 1.30. The van der Waals surface area contributed by atoms with Crippen molar-refractivity contribution in [1.82, 2.24) is 0 Å². The van der Waals surface area contributed by atoms with Gasteiger partial charge in [-0.3, -0.25) is 0 Å². The normalized spacial score (nSPS) is 10.8. The van der Waals surface area contributed by atoms with Crippen LogP contribution in [0, 0.1) is 9.39 Å². The molecule has 0 spiro atoms. The van der Waals surface area contributed by atoms with Crippen molar-refractivity contribution in [3.63, 3.8) is 0 Å². The van der Waals surface area contributed by atoms with Crippen LogP contribution in [-0.4, -0.2) is 6.61 Å². The second-order valence-corrected chi connectivity index (χ2v) is 4.79. The molecule has 0 N–H and O–H groups in total. The molecule has 1 heterocycles. The van der Waals surface area contributed by atoms with E-state index >= 15 is 0 Å². The van der Waals surface area contributed by atoms with Crippen LogP contribution >= 0.6 is 33.9 Å². The topological polar surface area (TPSA) is 9.23 Å². The summed E-state index contributed by atoms with van der Waals surface area (Å²) in [5.74, 6) is 0.102. The van der Waals surface area contributed by atoms with Gasteiger partial charge in [0.2, 0.25) is 0 Å². The first-order valence-electron chi connectivity index (χ1n) is 4.22. The molecule has 0 saturated carbocycles. The molecular weight excluding hydrogens is 314 g/mol. The Kier molecular flexibility index (Phi) is 2.92. The van der Waals surface area contributed by atoms with Crippen molar-refractivity contribution < 1.29 is 9.13 Å². The number of fused-ring (bicyclic) bond motifs is 1. The summed E-state index contributed by atoms with van der Waals surface area (Å²) in [7, 11) is 0. The van der Waals surface area contributed by atoms with E-state index in [2.05, 4.69) is 22.6 Å². The van der Waals surface area contributed by atoms with Gasteiger partial charge in [0.1, 0.15) is 0 Å². The summed E-state index contributed by atoms with van der Waals surface area (Å²) in [5.41, 5.74) is 0. The van der Waals surface area contributed by atoms with E-state index in [0.717, 1.165) is 13.7 Å². The molecule has 1 aromatic heterocycles. The molecule has 2 aromatic rings. The monoisotopic (exact) mass is 322 g/mol. The lowest BCUT2D eigenvalue weighted by Gasteiger charge is -2.07. The Morgan fingerprint density at radius 1 is 1.57 bits per heavy atom. The average Bonchev–Trinajstić information content (AvgIpc) is 2.60. The average molecular weight is 322 g/mol. The number of benzene rings is 1. The van der Waals surface area contributed by atoms with Crippen molar-refractivity contribution in [1.29, 1.82) is 0 Å². The van der Waals surface area contributed by atoms with E-state index in [0.29, 0.717) is 12.4 Å². The Morgan fingerprint density at radius 2 is 2.36 bits per heavy atom. The smallest absolute Gasteiger partial charge is 0.168 e. The first-order chi connectivity index (χ1) is 6.74. The molecule has 2 rings (SSSR count). The minimum atomic E-state index is -0.272. The highest BCUT2D eigenvalue weighted by Gasteiger charge is 2.12. The molecule has 14 heavy (non-hydrogen) atoms. The van der Waals surface area contributed by atoms with Crippen molar-refractivity contribution >= 4 is 44.0 Å². The maximum absolute atomic E-state index is 13.5. The fourth-order valence-corrected chi connectivity index (χ4v) is 3.18. The van der Waals surface area contributed by atoms with E-state index in [4.69, 9.17) is 4.74 Å². The SMILES string of the molecule is CCOc1c(F)cc2sccc2c1I. The van der Waals surface area contributed by atoms with Crippen molar-refractivity contribution in [2.45, 2.75) is 6.92 Å². The lowest BCUT2D eigenvalue weighted by atomic mass is 10.2. The maximum atomic E-state index is 13.5. The van der Waals surface area contributed by atoms with Crippen LogP contribution in [0.3, 0.4) is 0 Å². The number of hydrogen-bond acceptors (Lipinski definition) is 2. The van der Waals surface area contributed by atoms with Gasteiger partial charge in [0, 0.05) is 10.1 Å². The molecule has 0 fully saturated rings. The van der Waals surface area contributed by atoms with E-state index in [1.807, 2.05) is 18.4 Å². The molecule has 74 valence electrons. The lowest BCUT2D eigenvalue weighted by Crippen LogP contribution is -1.97. The minimum Gasteiger partial charge on any atom is -0.490 e. The molecule has 0 bridgehead atoms. The van der Waals surface area contributed by atoms with Crippen LogP contribution in [0.2, 0.25) is 0 Å². The molecule has 0 aliphatic carbocycles. The van der Waals surface area contributed by atoms with Crippen LogP contribution in [-0.2, 0) is 0 Å². The van der Waals surface area contributed by atoms with Gasteiger partial charge in [0.25, 0.3) is 0 Å². The van der Waals surface area contributed by atoms with Gasteiger partial charge in [-0.15, -0.1) is 11.3 Å². The highest BCUT2D eigenvalue weighted by atomic mass is 127. The first kappa shape index (κ1) is 10.2. The fraction of sp³-hybridized carbons (Fsp3) is 0.200. The van der Waals surface area contributed by atoms with E-state index in [-0.39, 0.29) is 5.82 Å². The van der Waals surface area contributed by atoms with Crippen molar-refractivity contribution in [3.8, 4) is 5.75 Å². The predicted molar refractivity (Wildman–Crippen MR) is 65.7 cm³/mol. The Bertz CT molecular complexity index is 466. The zero-order valence-corrected chi connectivity index (χ0v) is 10.5. The molecule has 0 radical (unpaired) electrons. The summed E-state index contributed by atoms with van der Waals surface area (Å²) in [6.45, 7) is 2.34. The van der Waals surface area contributed by atoms with Gasteiger partial charge >= 0.3 is 0 Å².